The maximum Gasteiger partial charge on any atom is 0.351 e. The summed E-state index contributed by atoms with van der Waals surface area (Å²) in [7, 11) is 0. The Morgan fingerprint density at radius 3 is 1.64 bits per heavy atom. The zero-order valence-corrected chi connectivity index (χ0v) is 33.3. The Balaban J connectivity index is 1.23. The Bertz CT molecular complexity index is 2240. The number of esters is 1. The van der Waals surface area contributed by atoms with Crippen molar-refractivity contribution in [2.75, 3.05) is 6.61 Å². The molecule has 2 heterocycles. The molecule has 6 aromatic carbocycles. The van der Waals surface area contributed by atoms with Crippen molar-refractivity contribution in [3.05, 3.63) is 207 Å². The van der Waals surface area contributed by atoms with E-state index in [2.05, 4.69) is 31.2 Å². The van der Waals surface area contributed by atoms with Gasteiger partial charge in [-0.2, -0.15) is 0 Å². The van der Waals surface area contributed by atoms with E-state index < -0.39 is 36.0 Å². The van der Waals surface area contributed by atoms with Gasteiger partial charge in [0.15, 0.2) is 0 Å². The maximum absolute atomic E-state index is 14.8. The Morgan fingerprint density at radius 2 is 1.09 bits per heavy atom. The molecule has 1 spiro atoms. The van der Waals surface area contributed by atoms with E-state index in [1.165, 1.54) is 5.56 Å². The highest BCUT2D eigenvalue weighted by Gasteiger charge is 2.66. The van der Waals surface area contributed by atoms with Crippen molar-refractivity contribution in [1.29, 1.82) is 0 Å². The number of fused-ring (bicyclic) bond motifs is 2. The van der Waals surface area contributed by atoms with Crippen molar-refractivity contribution >= 4 is 17.6 Å². The second-order valence-electron chi connectivity index (χ2n) is 14.8. The lowest BCUT2D eigenvalue weighted by Gasteiger charge is -2.49. The third-order valence-corrected chi connectivity index (χ3v) is 11.2. The third-order valence-electron chi connectivity index (χ3n) is 10.8. The van der Waals surface area contributed by atoms with Gasteiger partial charge in [0.05, 0.1) is 33.0 Å². The molecule has 1 fully saturated rings. The molecule has 0 radical (unpaired) electrons. The van der Waals surface area contributed by atoms with E-state index in [9.17, 15) is 4.79 Å². The molecule has 8 heteroatoms. The molecule has 58 heavy (non-hydrogen) atoms. The van der Waals surface area contributed by atoms with Gasteiger partial charge < -0.3 is 28.4 Å². The SMILES string of the molecule is CCc1ccc(Cc2cc3c(cc2Cl)OC(=O)C32O[C@H](COCc3ccccc3)[C@@H](OCc3ccccc3)[C@H](OCc3ccccc3)[C@H]2OCc2ccccc2)cc1. The highest BCUT2D eigenvalue weighted by Crippen LogP contribution is 2.52. The zero-order valence-electron chi connectivity index (χ0n) is 32.5. The van der Waals surface area contributed by atoms with Crippen LogP contribution in [0.25, 0.3) is 0 Å². The first-order chi connectivity index (χ1) is 28.5. The molecule has 1 unspecified atom stereocenters. The van der Waals surface area contributed by atoms with Crippen molar-refractivity contribution in [2.45, 2.75) is 76.2 Å². The van der Waals surface area contributed by atoms with E-state index in [0.717, 1.165) is 39.8 Å². The van der Waals surface area contributed by atoms with Gasteiger partial charge in [-0.05, 0) is 57.9 Å². The van der Waals surface area contributed by atoms with Gasteiger partial charge in [0.1, 0.15) is 30.2 Å². The summed E-state index contributed by atoms with van der Waals surface area (Å²) < 4.78 is 40.5. The zero-order chi connectivity index (χ0) is 39.7. The number of carbonyl (C=O) groups excluding carboxylic acids is 1. The van der Waals surface area contributed by atoms with Crippen LogP contribution in [-0.4, -0.2) is 37.0 Å². The predicted octanol–water partition coefficient (Wildman–Crippen LogP) is 9.98. The molecule has 6 aromatic rings. The van der Waals surface area contributed by atoms with Crippen LogP contribution in [0.3, 0.4) is 0 Å². The van der Waals surface area contributed by atoms with E-state index >= 15 is 0 Å². The molecule has 2 aliphatic rings. The second-order valence-corrected chi connectivity index (χ2v) is 15.2. The van der Waals surface area contributed by atoms with E-state index in [1.54, 1.807) is 6.07 Å². The van der Waals surface area contributed by atoms with Crippen molar-refractivity contribution in [1.82, 2.24) is 0 Å². The van der Waals surface area contributed by atoms with Crippen LogP contribution in [-0.2, 0) is 73.3 Å². The molecule has 0 amide bonds. The Morgan fingerprint density at radius 1 is 0.586 bits per heavy atom. The minimum absolute atomic E-state index is 0.0968. The maximum atomic E-state index is 14.8. The van der Waals surface area contributed by atoms with Crippen LogP contribution in [0.15, 0.2) is 158 Å². The average molecular weight is 795 g/mol. The van der Waals surface area contributed by atoms with Crippen LogP contribution in [0.1, 0.15) is 51.4 Å². The van der Waals surface area contributed by atoms with Gasteiger partial charge in [0.2, 0.25) is 5.60 Å². The first kappa shape index (κ1) is 39.7. The lowest BCUT2D eigenvalue weighted by molar-refractivity contribution is -0.304. The minimum Gasteiger partial charge on any atom is -0.424 e. The van der Waals surface area contributed by atoms with E-state index in [4.69, 9.17) is 40.0 Å². The van der Waals surface area contributed by atoms with Crippen molar-refractivity contribution in [3.63, 3.8) is 0 Å². The van der Waals surface area contributed by atoms with Crippen LogP contribution >= 0.6 is 11.6 Å². The third kappa shape index (κ3) is 8.96. The number of hydrogen-bond acceptors (Lipinski definition) is 7. The first-order valence-corrected chi connectivity index (χ1v) is 20.3. The topological polar surface area (TPSA) is 72.5 Å². The van der Waals surface area contributed by atoms with Crippen molar-refractivity contribution in [3.8, 4) is 5.75 Å². The number of ether oxygens (including phenoxy) is 6. The van der Waals surface area contributed by atoms with Crippen LogP contribution in [0, 0.1) is 0 Å². The summed E-state index contributed by atoms with van der Waals surface area (Å²) in [4.78, 5) is 14.8. The van der Waals surface area contributed by atoms with Gasteiger partial charge in [-0.25, -0.2) is 4.79 Å². The summed E-state index contributed by atoms with van der Waals surface area (Å²) in [6.45, 7) is 3.24. The van der Waals surface area contributed by atoms with Crippen LogP contribution in [0.4, 0.5) is 0 Å². The molecule has 8 rings (SSSR count). The molecule has 296 valence electrons. The fourth-order valence-corrected chi connectivity index (χ4v) is 7.98. The van der Waals surface area contributed by atoms with E-state index in [-0.39, 0.29) is 26.4 Å². The molecular formula is C50H47ClO7. The van der Waals surface area contributed by atoms with Crippen LogP contribution < -0.4 is 4.74 Å². The first-order valence-electron chi connectivity index (χ1n) is 19.9. The smallest absolute Gasteiger partial charge is 0.351 e. The summed E-state index contributed by atoms with van der Waals surface area (Å²) in [6.07, 6.45) is -1.88. The molecule has 0 bridgehead atoms. The number of halogens is 1. The Kier molecular flexibility index (Phi) is 12.8. The summed E-state index contributed by atoms with van der Waals surface area (Å²) in [6, 6.07) is 51.9. The molecule has 7 nitrogen and oxygen atoms in total. The van der Waals surface area contributed by atoms with Crippen LogP contribution in [0.5, 0.6) is 5.75 Å². The fraction of sp³-hybridized carbons (Fsp3) is 0.260. The molecule has 0 N–H and O–H groups in total. The number of hydrogen-bond donors (Lipinski definition) is 0. The molecule has 0 aliphatic carbocycles. The molecule has 1 saturated heterocycles. The van der Waals surface area contributed by atoms with Crippen LogP contribution in [0.2, 0.25) is 5.02 Å². The number of rotatable bonds is 16. The summed E-state index contributed by atoms with van der Waals surface area (Å²) in [5, 5.41) is 0.490. The van der Waals surface area contributed by atoms with Gasteiger partial charge in [0, 0.05) is 16.7 Å². The molecule has 5 atom stereocenters. The largest absolute Gasteiger partial charge is 0.424 e. The molecule has 2 aliphatic heterocycles. The van der Waals surface area contributed by atoms with Gasteiger partial charge in [-0.1, -0.05) is 164 Å². The van der Waals surface area contributed by atoms with E-state index in [0.29, 0.717) is 29.4 Å². The Hall–Kier alpha value is -5.12. The van der Waals surface area contributed by atoms with Crippen molar-refractivity contribution < 1.29 is 33.2 Å². The second kappa shape index (κ2) is 18.6. The lowest BCUT2D eigenvalue weighted by atomic mass is 9.79. The highest BCUT2D eigenvalue weighted by molar-refractivity contribution is 6.31. The van der Waals surface area contributed by atoms with Gasteiger partial charge in [-0.15, -0.1) is 0 Å². The fourth-order valence-electron chi connectivity index (χ4n) is 7.76. The molecular weight excluding hydrogens is 748 g/mol. The summed E-state index contributed by atoms with van der Waals surface area (Å²) >= 11 is 6.97. The Labute approximate surface area is 345 Å². The van der Waals surface area contributed by atoms with Crippen molar-refractivity contribution in [2.24, 2.45) is 0 Å². The van der Waals surface area contributed by atoms with Gasteiger partial charge in [0.25, 0.3) is 0 Å². The lowest BCUT2D eigenvalue weighted by Crippen LogP contribution is -2.67. The molecule has 0 aromatic heterocycles. The minimum atomic E-state index is -1.76. The average Bonchev–Trinajstić information content (AvgIpc) is 3.52. The predicted molar refractivity (Wildman–Crippen MR) is 223 cm³/mol. The standard InChI is InChI=1S/C50H47ClO7/c1-2-35-23-25-36(26-24-35)27-41-28-42-44(29-43(41)51)57-49(52)50(42)48(56-33-40-21-13-6-14-22-40)47(55-32-39-19-11-5-12-20-39)46(54-31-38-17-9-4-10-18-38)45(58-50)34-53-30-37-15-7-3-8-16-37/h3-26,28-29,45-48H,2,27,30-34H2,1H3/t45-,46-,47+,48-,50?/m1/s1. The summed E-state index contributed by atoms with van der Waals surface area (Å²) in [5.41, 5.74) is 5.81. The van der Waals surface area contributed by atoms with Gasteiger partial charge in [-0.3, -0.25) is 0 Å². The number of carbonyl (C=O) groups is 1. The van der Waals surface area contributed by atoms with Gasteiger partial charge >= 0.3 is 5.97 Å². The number of benzene rings is 6. The normalized spacial score (nSPS) is 21.2. The molecule has 0 saturated carbocycles. The van der Waals surface area contributed by atoms with E-state index in [1.807, 2.05) is 127 Å². The number of aryl methyl sites for hydroxylation is 1. The summed E-state index contributed by atoms with van der Waals surface area (Å²) in [5.74, 6) is -0.285. The quantitative estimate of drug-likeness (QED) is 0.0714. The highest BCUT2D eigenvalue weighted by atomic mass is 35.5. The monoisotopic (exact) mass is 794 g/mol.